The van der Waals surface area contributed by atoms with Crippen LogP contribution in [0.3, 0.4) is 0 Å². The Morgan fingerprint density at radius 2 is 1.68 bits per heavy atom. The zero-order valence-electron chi connectivity index (χ0n) is 21.6. The Morgan fingerprint density at radius 3 is 2.38 bits per heavy atom. The van der Waals surface area contributed by atoms with E-state index in [1.54, 1.807) is 38.5 Å². The van der Waals surface area contributed by atoms with Gasteiger partial charge in [-0.3, -0.25) is 0 Å². The van der Waals surface area contributed by atoms with Gasteiger partial charge in [0.2, 0.25) is 0 Å². The van der Waals surface area contributed by atoms with Crippen molar-refractivity contribution in [2.45, 2.75) is 26.7 Å². The van der Waals surface area contributed by atoms with E-state index in [4.69, 9.17) is 28.4 Å². The van der Waals surface area contributed by atoms with Crippen LogP contribution >= 0.6 is 0 Å². The number of fused-ring (bicyclic) bond motifs is 1. The van der Waals surface area contributed by atoms with E-state index >= 15 is 0 Å². The maximum atomic E-state index is 12.3. The molecule has 0 saturated heterocycles. The van der Waals surface area contributed by atoms with E-state index in [0.717, 1.165) is 29.5 Å². The van der Waals surface area contributed by atoms with Crippen molar-refractivity contribution in [3.8, 4) is 28.6 Å². The molecule has 0 saturated carbocycles. The highest BCUT2D eigenvalue weighted by Crippen LogP contribution is 2.33. The number of methoxy groups -OCH3 is 2. The van der Waals surface area contributed by atoms with Gasteiger partial charge in [0, 0.05) is 17.0 Å². The summed E-state index contributed by atoms with van der Waals surface area (Å²) in [5, 5.41) is 1.50. The molecular weight excluding hydrogens is 470 g/mol. The molecule has 0 bridgehead atoms. The number of hydrogen-bond acceptors (Lipinski definition) is 7. The summed E-state index contributed by atoms with van der Waals surface area (Å²) >= 11 is 0. The lowest BCUT2D eigenvalue weighted by atomic mass is 10.1. The Morgan fingerprint density at radius 1 is 0.892 bits per heavy atom. The molecule has 7 heteroatoms. The SMILES string of the molecule is CCCCOC(=O)c1ccc(N=c2cc(-c3ccc(OC)c(OC)c3)oc3ccc(OCC)cc23)cc1. The summed E-state index contributed by atoms with van der Waals surface area (Å²) in [6, 6.07) is 20.2. The summed E-state index contributed by atoms with van der Waals surface area (Å²) in [6.07, 6.45) is 1.82. The van der Waals surface area contributed by atoms with E-state index in [0.29, 0.717) is 52.7 Å². The summed E-state index contributed by atoms with van der Waals surface area (Å²) < 4.78 is 28.1. The molecule has 3 aromatic carbocycles. The summed E-state index contributed by atoms with van der Waals surface area (Å²) in [4.78, 5) is 17.1. The zero-order valence-corrected chi connectivity index (χ0v) is 21.6. The molecule has 7 nitrogen and oxygen atoms in total. The van der Waals surface area contributed by atoms with Crippen LogP contribution in [0, 0.1) is 0 Å². The Hall–Kier alpha value is -4.26. The molecule has 0 radical (unpaired) electrons. The van der Waals surface area contributed by atoms with E-state index in [-0.39, 0.29) is 5.97 Å². The second-order valence-electron chi connectivity index (χ2n) is 8.30. The standard InChI is InChI=1S/C30H31NO6/c1-5-7-16-36-30(32)20-8-11-22(12-9-20)31-25-19-28(21-10-14-27(33-3)29(17-21)34-4)37-26-15-13-23(35-6-2)18-24(25)26/h8-15,17-19H,5-7,16H2,1-4H3. The van der Waals surface area contributed by atoms with Crippen LogP contribution in [0.25, 0.3) is 22.3 Å². The fraction of sp³-hybridized carbons (Fsp3) is 0.267. The number of benzene rings is 3. The molecule has 4 aromatic rings. The fourth-order valence-corrected chi connectivity index (χ4v) is 3.83. The molecule has 0 aliphatic carbocycles. The molecule has 0 aliphatic heterocycles. The number of nitrogens with zero attached hydrogens (tertiary/aromatic N) is 1. The lowest BCUT2D eigenvalue weighted by Gasteiger charge is -2.11. The van der Waals surface area contributed by atoms with Gasteiger partial charge in [0.25, 0.3) is 0 Å². The maximum Gasteiger partial charge on any atom is 0.338 e. The second-order valence-corrected chi connectivity index (χ2v) is 8.30. The van der Waals surface area contributed by atoms with Crippen LogP contribution in [-0.2, 0) is 4.74 Å². The molecule has 0 amide bonds. The maximum absolute atomic E-state index is 12.3. The van der Waals surface area contributed by atoms with Gasteiger partial charge >= 0.3 is 5.97 Å². The third kappa shape index (κ3) is 6.12. The average Bonchev–Trinajstić information content (AvgIpc) is 2.93. The lowest BCUT2D eigenvalue weighted by molar-refractivity contribution is 0.0500. The van der Waals surface area contributed by atoms with Crippen LogP contribution in [0.2, 0.25) is 0 Å². The normalized spacial score (nSPS) is 11.4. The lowest BCUT2D eigenvalue weighted by Crippen LogP contribution is -2.06. The van der Waals surface area contributed by atoms with Crippen molar-refractivity contribution in [3.05, 3.63) is 77.7 Å². The highest BCUT2D eigenvalue weighted by atomic mass is 16.5. The first-order valence-electron chi connectivity index (χ1n) is 12.3. The number of carbonyl (C=O) groups excluding carboxylic acids is 1. The van der Waals surface area contributed by atoms with Crippen LogP contribution < -0.4 is 19.6 Å². The van der Waals surface area contributed by atoms with E-state index in [1.807, 2.05) is 49.4 Å². The number of hydrogen-bond donors (Lipinski definition) is 0. The smallest absolute Gasteiger partial charge is 0.338 e. The molecule has 0 spiro atoms. The number of esters is 1. The Kier molecular flexibility index (Phi) is 8.46. The molecule has 192 valence electrons. The predicted octanol–water partition coefficient (Wildman–Crippen LogP) is 6.71. The first-order chi connectivity index (χ1) is 18.1. The summed E-state index contributed by atoms with van der Waals surface area (Å²) in [7, 11) is 3.19. The molecule has 0 fully saturated rings. The first kappa shape index (κ1) is 25.8. The third-order valence-electron chi connectivity index (χ3n) is 5.78. The van der Waals surface area contributed by atoms with Crippen molar-refractivity contribution in [1.82, 2.24) is 0 Å². The van der Waals surface area contributed by atoms with Crippen LogP contribution in [0.1, 0.15) is 37.0 Å². The second kappa shape index (κ2) is 12.1. The van der Waals surface area contributed by atoms with Gasteiger partial charge in [0.05, 0.1) is 44.0 Å². The molecule has 37 heavy (non-hydrogen) atoms. The monoisotopic (exact) mass is 501 g/mol. The van der Waals surface area contributed by atoms with Crippen LogP contribution in [0.5, 0.6) is 17.2 Å². The van der Waals surface area contributed by atoms with Crippen molar-refractivity contribution in [1.29, 1.82) is 0 Å². The Labute approximate surface area is 216 Å². The highest BCUT2D eigenvalue weighted by Gasteiger charge is 2.12. The largest absolute Gasteiger partial charge is 0.494 e. The Bertz CT molecular complexity index is 1440. The fourth-order valence-electron chi connectivity index (χ4n) is 3.83. The van der Waals surface area contributed by atoms with Gasteiger partial charge in [0.1, 0.15) is 17.1 Å². The number of rotatable bonds is 10. The molecule has 0 unspecified atom stereocenters. The molecule has 1 aromatic heterocycles. The minimum atomic E-state index is -0.332. The van der Waals surface area contributed by atoms with Gasteiger partial charge in [0.15, 0.2) is 11.5 Å². The quantitative estimate of drug-likeness (QED) is 0.178. The molecule has 1 heterocycles. The van der Waals surface area contributed by atoms with E-state index in [1.165, 1.54) is 0 Å². The van der Waals surface area contributed by atoms with Gasteiger partial charge in [-0.1, -0.05) is 13.3 Å². The average molecular weight is 502 g/mol. The number of ether oxygens (including phenoxy) is 4. The Balaban J connectivity index is 1.79. The summed E-state index contributed by atoms with van der Waals surface area (Å²) in [5.74, 6) is 2.24. The predicted molar refractivity (Wildman–Crippen MR) is 143 cm³/mol. The van der Waals surface area contributed by atoms with Crippen molar-refractivity contribution in [3.63, 3.8) is 0 Å². The number of carbonyl (C=O) groups is 1. The van der Waals surface area contributed by atoms with Crippen LogP contribution in [0.15, 0.2) is 76.1 Å². The third-order valence-corrected chi connectivity index (χ3v) is 5.78. The van der Waals surface area contributed by atoms with Gasteiger partial charge in [-0.2, -0.15) is 0 Å². The van der Waals surface area contributed by atoms with E-state index < -0.39 is 0 Å². The van der Waals surface area contributed by atoms with Gasteiger partial charge in [-0.05, 0) is 74.0 Å². The van der Waals surface area contributed by atoms with Crippen LogP contribution in [-0.4, -0.2) is 33.4 Å². The molecule has 4 rings (SSSR count). The summed E-state index contributed by atoms with van der Waals surface area (Å²) in [5.41, 5.74) is 2.66. The van der Waals surface area contributed by atoms with E-state index in [2.05, 4.69) is 6.92 Å². The minimum Gasteiger partial charge on any atom is -0.494 e. The first-order valence-corrected chi connectivity index (χ1v) is 12.3. The highest BCUT2D eigenvalue weighted by molar-refractivity contribution is 5.89. The van der Waals surface area contributed by atoms with Crippen molar-refractivity contribution in [2.24, 2.45) is 4.99 Å². The zero-order chi connectivity index (χ0) is 26.2. The molecule has 0 aliphatic rings. The van der Waals surface area contributed by atoms with Crippen molar-refractivity contribution < 1.29 is 28.2 Å². The van der Waals surface area contributed by atoms with Crippen molar-refractivity contribution in [2.75, 3.05) is 27.4 Å². The van der Waals surface area contributed by atoms with Gasteiger partial charge in [-0.15, -0.1) is 0 Å². The van der Waals surface area contributed by atoms with Gasteiger partial charge in [-0.25, -0.2) is 9.79 Å². The topological polar surface area (TPSA) is 79.5 Å². The number of unbranched alkanes of at least 4 members (excludes halogenated alkanes) is 1. The minimum absolute atomic E-state index is 0.332. The van der Waals surface area contributed by atoms with E-state index in [9.17, 15) is 4.79 Å². The molecular formula is C30H31NO6. The van der Waals surface area contributed by atoms with Crippen molar-refractivity contribution >= 4 is 22.6 Å². The van der Waals surface area contributed by atoms with Crippen LogP contribution in [0.4, 0.5) is 5.69 Å². The molecule has 0 atom stereocenters. The molecule has 0 N–H and O–H groups in total. The van der Waals surface area contributed by atoms with Gasteiger partial charge < -0.3 is 23.4 Å². The summed E-state index contributed by atoms with van der Waals surface area (Å²) in [6.45, 7) is 4.96.